The first kappa shape index (κ1) is 13.4. The highest BCUT2D eigenvalue weighted by Gasteiger charge is 2.12. The van der Waals surface area contributed by atoms with E-state index in [9.17, 15) is 9.50 Å². The summed E-state index contributed by atoms with van der Waals surface area (Å²) in [6.07, 6.45) is 0. The lowest BCUT2D eigenvalue weighted by atomic mass is 10.0. The van der Waals surface area contributed by atoms with Gasteiger partial charge in [-0.25, -0.2) is 4.39 Å². The zero-order chi connectivity index (χ0) is 13.7. The lowest BCUT2D eigenvalue weighted by Gasteiger charge is -2.16. The van der Waals surface area contributed by atoms with E-state index in [1.54, 1.807) is 24.3 Å². The topological polar surface area (TPSA) is 49.7 Å². The van der Waals surface area contributed by atoms with E-state index in [0.717, 1.165) is 0 Å². The van der Waals surface area contributed by atoms with Gasteiger partial charge in [-0.15, -0.1) is 0 Å². The minimum Gasteiger partial charge on any atom is -0.508 e. The zero-order valence-electron chi connectivity index (χ0n) is 10.3. The number of aromatic hydroxyl groups is 1. The molecule has 2 aromatic rings. The van der Waals surface area contributed by atoms with Crippen molar-refractivity contribution in [3.05, 3.63) is 59.9 Å². The van der Waals surface area contributed by atoms with Crippen LogP contribution in [0.5, 0.6) is 11.5 Å². The van der Waals surface area contributed by atoms with Crippen LogP contribution in [0, 0.1) is 5.82 Å². The molecule has 19 heavy (non-hydrogen) atoms. The summed E-state index contributed by atoms with van der Waals surface area (Å²) >= 11 is 0. The molecule has 4 heteroatoms. The Kier molecular flexibility index (Phi) is 4.36. The van der Waals surface area contributed by atoms with Crippen LogP contribution in [-0.4, -0.2) is 23.4 Å². The highest BCUT2D eigenvalue weighted by molar-refractivity contribution is 5.30. The van der Waals surface area contributed by atoms with E-state index >= 15 is 0 Å². The third kappa shape index (κ3) is 3.69. The highest BCUT2D eigenvalue weighted by Crippen LogP contribution is 2.20. The molecule has 0 aliphatic rings. The predicted molar refractivity (Wildman–Crippen MR) is 69.8 cm³/mol. The maximum absolute atomic E-state index is 13.1. The molecule has 0 aromatic heterocycles. The number of rotatable bonds is 5. The molecule has 1 atom stereocenters. The molecule has 2 N–H and O–H groups in total. The smallest absolute Gasteiger partial charge is 0.123 e. The number of ether oxygens (including phenoxy) is 1. The fraction of sp³-hybridized carbons (Fsp3) is 0.200. The predicted octanol–water partition coefficient (Wildman–Crippen LogP) is 2.69. The average molecular weight is 262 g/mol. The number of halogens is 1. The molecule has 1 unspecified atom stereocenters. The summed E-state index contributed by atoms with van der Waals surface area (Å²) in [5.74, 6) is 0.133. The van der Waals surface area contributed by atoms with E-state index in [-0.39, 0.29) is 30.7 Å². The molecule has 100 valence electrons. The van der Waals surface area contributed by atoms with E-state index in [1.807, 2.05) is 0 Å². The van der Waals surface area contributed by atoms with Crippen LogP contribution >= 0.6 is 0 Å². The van der Waals surface area contributed by atoms with Crippen LogP contribution in [-0.2, 0) is 0 Å². The largest absolute Gasteiger partial charge is 0.508 e. The molecule has 0 saturated heterocycles. The van der Waals surface area contributed by atoms with Gasteiger partial charge >= 0.3 is 0 Å². The molecular weight excluding hydrogens is 247 g/mol. The molecule has 0 spiro atoms. The van der Waals surface area contributed by atoms with Crippen LogP contribution in [0.25, 0.3) is 0 Å². The first-order valence-corrected chi connectivity index (χ1v) is 5.97. The van der Waals surface area contributed by atoms with Crippen LogP contribution in [0.15, 0.2) is 48.5 Å². The van der Waals surface area contributed by atoms with Crippen molar-refractivity contribution in [2.45, 2.75) is 5.92 Å². The summed E-state index contributed by atoms with van der Waals surface area (Å²) in [7, 11) is 0. The standard InChI is InChI=1S/C15H15FO3/c16-13-3-1-2-11(8-13)12(9-17)10-19-15-6-4-14(18)5-7-15/h1-8,12,17-18H,9-10H2. The van der Waals surface area contributed by atoms with Gasteiger partial charge in [-0.05, 0) is 42.0 Å². The molecule has 0 saturated carbocycles. The van der Waals surface area contributed by atoms with Gasteiger partial charge in [0, 0.05) is 5.92 Å². The second-order valence-electron chi connectivity index (χ2n) is 4.24. The maximum Gasteiger partial charge on any atom is 0.123 e. The van der Waals surface area contributed by atoms with Gasteiger partial charge < -0.3 is 14.9 Å². The van der Waals surface area contributed by atoms with E-state index in [1.165, 1.54) is 24.3 Å². The normalized spacial score (nSPS) is 12.1. The molecule has 3 nitrogen and oxygen atoms in total. The number of benzene rings is 2. The van der Waals surface area contributed by atoms with Crippen molar-refractivity contribution in [3.63, 3.8) is 0 Å². The van der Waals surface area contributed by atoms with Crippen LogP contribution in [0.2, 0.25) is 0 Å². The quantitative estimate of drug-likeness (QED) is 0.871. The Labute approximate surface area is 110 Å². The highest BCUT2D eigenvalue weighted by atomic mass is 19.1. The van der Waals surface area contributed by atoms with Crippen LogP contribution < -0.4 is 4.74 Å². The Bertz CT molecular complexity index is 525. The second kappa shape index (κ2) is 6.20. The Morgan fingerprint density at radius 1 is 1.11 bits per heavy atom. The van der Waals surface area contributed by atoms with Gasteiger partial charge in [0.1, 0.15) is 17.3 Å². The Morgan fingerprint density at radius 3 is 2.47 bits per heavy atom. The monoisotopic (exact) mass is 262 g/mol. The molecular formula is C15H15FO3. The summed E-state index contributed by atoms with van der Waals surface area (Å²) in [5, 5.41) is 18.5. The van der Waals surface area contributed by atoms with Crippen molar-refractivity contribution in [1.29, 1.82) is 0 Å². The number of hydrogen-bond donors (Lipinski definition) is 2. The molecule has 0 bridgehead atoms. The summed E-state index contributed by atoms with van der Waals surface area (Å²) in [4.78, 5) is 0. The summed E-state index contributed by atoms with van der Waals surface area (Å²) < 4.78 is 18.6. The Balaban J connectivity index is 2.01. The SMILES string of the molecule is OCC(COc1ccc(O)cc1)c1cccc(F)c1. The van der Waals surface area contributed by atoms with Gasteiger partial charge in [0.05, 0.1) is 13.2 Å². The van der Waals surface area contributed by atoms with Crippen LogP contribution in [0.4, 0.5) is 4.39 Å². The maximum atomic E-state index is 13.1. The lowest BCUT2D eigenvalue weighted by molar-refractivity contribution is 0.205. The number of hydrogen-bond acceptors (Lipinski definition) is 3. The molecule has 0 amide bonds. The summed E-state index contributed by atoms with van der Waals surface area (Å²) in [6, 6.07) is 12.4. The number of phenols is 1. The fourth-order valence-electron chi connectivity index (χ4n) is 1.75. The first-order valence-electron chi connectivity index (χ1n) is 5.97. The van der Waals surface area contributed by atoms with Crippen molar-refractivity contribution >= 4 is 0 Å². The lowest BCUT2D eigenvalue weighted by Crippen LogP contribution is -2.14. The van der Waals surface area contributed by atoms with Crippen molar-refractivity contribution in [1.82, 2.24) is 0 Å². The molecule has 2 rings (SSSR count). The van der Waals surface area contributed by atoms with E-state index in [0.29, 0.717) is 11.3 Å². The summed E-state index contributed by atoms with van der Waals surface area (Å²) in [5.41, 5.74) is 0.696. The third-order valence-electron chi connectivity index (χ3n) is 2.83. The van der Waals surface area contributed by atoms with Gasteiger partial charge in [-0.2, -0.15) is 0 Å². The minimum atomic E-state index is -0.333. The molecule has 0 aliphatic carbocycles. The number of aliphatic hydroxyl groups is 1. The van der Waals surface area contributed by atoms with Gasteiger partial charge in [-0.3, -0.25) is 0 Å². The molecule has 0 radical (unpaired) electrons. The number of aliphatic hydroxyl groups excluding tert-OH is 1. The second-order valence-corrected chi connectivity index (χ2v) is 4.24. The van der Waals surface area contributed by atoms with Crippen LogP contribution in [0.1, 0.15) is 11.5 Å². The van der Waals surface area contributed by atoms with Gasteiger partial charge in [0.25, 0.3) is 0 Å². The van der Waals surface area contributed by atoms with E-state index in [2.05, 4.69) is 0 Å². The van der Waals surface area contributed by atoms with Gasteiger partial charge in [0.2, 0.25) is 0 Å². The minimum absolute atomic E-state index is 0.123. The van der Waals surface area contributed by atoms with Crippen LogP contribution in [0.3, 0.4) is 0 Å². The number of phenolic OH excluding ortho intramolecular Hbond substituents is 1. The van der Waals surface area contributed by atoms with E-state index < -0.39 is 0 Å². The van der Waals surface area contributed by atoms with Crippen molar-refractivity contribution in [3.8, 4) is 11.5 Å². The van der Waals surface area contributed by atoms with Crippen molar-refractivity contribution in [2.75, 3.05) is 13.2 Å². The zero-order valence-corrected chi connectivity index (χ0v) is 10.3. The fourth-order valence-corrected chi connectivity index (χ4v) is 1.75. The summed E-state index contributed by atoms with van der Waals surface area (Å²) in [6.45, 7) is 0.117. The van der Waals surface area contributed by atoms with E-state index in [4.69, 9.17) is 9.84 Å². The molecule has 2 aromatic carbocycles. The van der Waals surface area contributed by atoms with Gasteiger partial charge in [-0.1, -0.05) is 12.1 Å². The molecule has 0 heterocycles. The molecule has 0 aliphatic heterocycles. The Morgan fingerprint density at radius 2 is 1.84 bits per heavy atom. The average Bonchev–Trinajstić information content (AvgIpc) is 2.42. The third-order valence-corrected chi connectivity index (χ3v) is 2.83. The Hall–Kier alpha value is -2.07. The first-order chi connectivity index (χ1) is 9.19. The van der Waals surface area contributed by atoms with Crippen molar-refractivity contribution in [2.24, 2.45) is 0 Å². The van der Waals surface area contributed by atoms with Crippen molar-refractivity contribution < 1.29 is 19.3 Å². The van der Waals surface area contributed by atoms with Gasteiger partial charge in [0.15, 0.2) is 0 Å². The molecule has 0 fully saturated rings.